The molecule has 0 aliphatic heterocycles. The second-order valence-corrected chi connectivity index (χ2v) is 9.02. The van der Waals surface area contributed by atoms with Crippen molar-refractivity contribution in [3.8, 4) is 0 Å². The second-order valence-electron chi connectivity index (χ2n) is 6.50. The van der Waals surface area contributed by atoms with E-state index in [0.717, 1.165) is 19.4 Å². The van der Waals surface area contributed by atoms with Gasteiger partial charge < -0.3 is 4.43 Å². The van der Waals surface area contributed by atoms with Gasteiger partial charge in [-0.25, -0.2) is 0 Å². The van der Waals surface area contributed by atoms with Crippen molar-refractivity contribution in [1.82, 2.24) is 14.9 Å². The molecular formula is C16H37N3OSi. The first-order chi connectivity index (χ1) is 10.0. The Balaban J connectivity index is 2.79. The Hall–Kier alpha value is 0.0569. The molecule has 0 saturated heterocycles. The van der Waals surface area contributed by atoms with Crippen LogP contribution < -0.4 is 14.9 Å². The summed E-state index contributed by atoms with van der Waals surface area (Å²) in [4.78, 5) is 11.5. The van der Waals surface area contributed by atoms with E-state index in [2.05, 4.69) is 49.6 Å². The van der Waals surface area contributed by atoms with Crippen LogP contribution in [0.2, 0.25) is 0 Å². The first kappa shape index (κ1) is 19.1. The average molecular weight is 316 g/mol. The molecule has 126 valence electrons. The minimum Gasteiger partial charge on any atom is -0.380 e. The summed E-state index contributed by atoms with van der Waals surface area (Å²) in [5.41, 5.74) is 0. The van der Waals surface area contributed by atoms with Crippen molar-refractivity contribution >= 4 is 8.80 Å². The summed E-state index contributed by atoms with van der Waals surface area (Å²) < 4.78 is 6.28. The minimum absolute atomic E-state index is 0.468. The fourth-order valence-electron chi connectivity index (χ4n) is 2.90. The van der Waals surface area contributed by atoms with Gasteiger partial charge in [0, 0.05) is 24.7 Å². The second kappa shape index (κ2) is 9.95. The number of rotatable bonds is 10. The van der Waals surface area contributed by atoms with E-state index in [0.29, 0.717) is 18.1 Å². The Morgan fingerprint density at radius 1 is 0.952 bits per heavy atom. The number of nitrogens with one attached hydrogen (secondary N) is 3. The van der Waals surface area contributed by atoms with Gasteiger partial charge in [0.25, 0.3) is 0 Å². The summed E-state index contributed by atoms with van der Waals surface area (Å²) in [5.74, 6) is 0. The van der Waals surface area contributed by atoms with Gasteiger partial charge in [0.15, 0.2) is 0 Å². The Morgan fingerprint density at radius 2 is 1.48 bits per heavy atom. The summed E-state index contributed by atoms with van der Waals surface area (Å²) in [5, 5.41) is 0. The highest BCUT2D eigenvalue weighted by atomic mass is 28.4. The van der Waals surface area contributed by atoms with Crippen LogP contribution in [0.25, 0.3) is 0 Å². The molecule has 0 bridgehead atoms. The molecule has 5 heteroatoms. The molecule has 2 unspecified atom stereocenters. The molecule has 0 heterocycles. The molecule has 0 spiro atoms. The molecule has 1 rings (SSSR count). The molecule has 0 radical (unpaired) electrons. The maximum absolute atomic E-state index is 6.28. The highest BCUT2D eigenvalue weighted by Crippen LogP contribution is 2.19. The van der Waals surface area contributed by atoms with E-state index in [-0.39, 0.29) is 0 Å². The fraction of sp³-hybridized carbons (Fsp3) is 1.00. The van der Waals surface area contributed by atoms with Crippen LogP contribution in [0.15, 0.2) is 0 Å². The molecule has 1 saturated carbocycles. The van der Waals surface area contributed by atoms with Crippen molar-refractivity contribution in [2.24, 2.45) is 0 Å². The van der Waals surface area contributed by atoms with Crippen LogP contribution in [-0.2, 0) is 4.43 Å². The third kappa shape index (κ3) is 6.78. The van der Waals surface area contributed by atoms with Crippen LogP contribution in [0, 0.1) is 0 Å². The summed E-state index contributed by atoms with van der Waals surface area (Å²) >= 11 is 0. The highest BCUT2D eigenvalue weighted by Gasteiger charge is 2.41. The van der Waals surface area contributed by atoms with Gasteiger partial charge in [0.2, 0.25) is 0 Å². The van der Waals surface area contributed by atoms with Crippen LogP contribution in [-0.4, -0.2) is 33.5 Å². The normalized spacial score (nSPS) is 22.7. The van der Waals surface area contributed by atoms with E-state index < -0.39 is 8.80 Å². The topological polar surface area (TPSA) is 45.3 Å². The lowest BCUT2D eigenvalue weighted by molar-refractivity contribution is 0.258. The molecular weight excluding hydrogens is 278 g/mol. The first-order valence-electron chi connectivity index (χ1n) is 9.02. The van der Waals surface area contributed by atoms with Crippen LogP contribution in [0.5, 0.6) is 0 Å². The summed E-state index contributed by atoms with van der Waals surface area (Å²) in [6.45, 7) is 11.8. The Kier molecular flexibility index (Phi) is 9.05. The SMILES string of the molecule is CCO[Si](NC(C)CC)(NC(C)CC)NC1CCCCC1. The molecule has 1 fully saturated rings. The maximum Gasteiger partial charge on any atom is 0.440 e. The van der Waals surface area contributed by atoms with Gasteiger partial charge in [-0.1, -0.05) is 47.0 Å². The molecule has 3 N–H and O–H groups in total. The van der Waals surface area contributed by atoms with E-state index in [1.54, 1.807) is 0 Å². The van der Waals surface area contributed by atoms with E-state index >= 15 is 0 Å². The maximum atomic E-state index is 6.28. The summed E-state index contributed by atoms with van der Waals surface area (Å²) in [6, 6.07) is 1.54. The molecule has 1 aliphatic rings. The smallest absolute Gasteiger partial charge is 0.380 e. The van der Waals surface area contributed by atoms with Crippen molar-refractivity contribution in [2.75, 3.05) is 6.61 Å². The molecule has 4 nitrogen and oxygen atoms in total. The van der Waals surface area contributed by atoms with Crippen molar-refractivity contribution in [2.45, 2.75) is 97.7 Å². The fourth-order valence-corrected chi connectivity index (χ4v) is 6.49. The third-order valence-corrected chi connectivity index (χ3v) is 7.83. The molecule has 0 aromatic heterocycles. The summed E-state index contributed by atoms with van der Waals surface area (Å²) in [7, 11) is -2.30. The van der Waals surface area contributed by atoms with Gasteiger partial charge in [-0.2, -0.15) is 0 Å². The standard InChI is InChI=1S/C16H37N3OSi/c1-6-14(4)17-21(20-8-3,18-15(5)7-2)19-16-12-10-9-11-13-16/h14-19H,6-13H2,1-5H3. The first-order valence-corrected chi connectivity index (χ1v) is 10.9. The van der Waals surface area contributed by atoms with E-state index in [1.165, 1.54) is 32.1 Å². The lowest BCUT2D eigenvalue weighted by atomic mass is 9.96. The van der Waals surface area contributed by atoms with Gasteiger partial charge in [0.05, 0.1) is 0 Å². The summed E-state index contributed by atoms with van der Waals surface area (Å²) in [6.07, 6.45) is 8.89. The van der Waals surface area contributed by atoms with Gasteiger partial charge in [-0.3, -0.25) is 14.9 Å². The molecule has 0 aromatic carbocycles. The monoisotopic (exact) mass is 315 g/mol. The lowest BCUT2D eigenvalue weighted by Crippen LogP contribution is -2.78. The Labute approximate surface area is 133 Å². The zero-order valence-electron chi connectivity index (χ0n) is 14.8. The van der Waals surface area contributed by atoms with Gasteiger partial charge in [-0.15, -0.1) is 0 Å². The van der Waals surface area contributed by atoms with Gasteiger partial charge in [-0.05, 0) is 32.6 Å². The molecule has 0 aromatic rings. The van der Waals surface area contributed by atoms with E-state index in [1.807, 2.05) is 0 Å². The van der Waals surface area contributed by atoms with E-state index in [9.17, 15) is 0 Å². The average Bonchev–Trinajstić information content (AvgIpc) is 2.48. The van der Waals surface area contributed by atoms with Gasteiger partial charge in [0.1, 0.15) is 0 Å². The largest absolute Gasteiger partial charge is 0.440 e. The van der Waals surface area contributed by atoms with Crippen LogP contribution in [0.4, 0.5) is 0 Å². The van der Waals surface area contributed by atoms with Crippen molar-refractivity contribution in [3.05, 3.63) is 0 Å². The Bertz CT molecular complexity index is 260. The Morgan fingerprint density at radius 3 is 1.90 bits per heavy atom. The number of hydrogen-bond acceptors (Lipinski definition) is 4. The van der Waals surface area contributed by atoms with Crippen LogP contribution in [0.3, 0.4) is 0 Å². The van der Waals surface area contributed by atoms with Crippen molar-refractivity contribution in [1.29, 1.82) is 0 Å². The predicted molar refractivity (Wildman–Crippen MR) is 93.2 cm³/mol. The highest BCUT2D eigenvalue weighted by molar-refractivity contribution is 6.66. The van der Waals surface area contributed by atoms with Gasteiger partial charge >= 0.3 is 8.80 Å². The van der Waals surface area contributed by atoms with Crippen molar-refractivity contribution < 1.29 is 4.43 Å². The molecule has 0 amide bonds. The predicted octanol–water partition coefficient (Wildman–Crippen LogP) is 3.16. The number of hydrogen-bond donors (Lipinski definition) is 3. The molecule has 21 heavy (non-hydrogen) atoms. The zero-order chi connectivity index (χ0) is 15.7. The van der Waals surface area contributed by atoms with Crippen LogP contribution >= 0.6 is 0 Å². The third-order valence-electron chi connectivity index (χ3n) is 4.50. The van der Waals surface area contributed by atoms with E-state index in [4.69, 9.17) is 4.43 Å². The lowest BCUT2D eigenvalue weighted by Gasteiger charge is -2.40. The quantitative estimate of drug-likeness (QED) is 0.542. The molecule has 1 aliphatic carbocycles. The molecule has 2 atom stereocenters. The van der Waals surface area contributed by atoms with Crippen LogP contribution in [0.1, 0.15) is 79.6 Å². The minimum atomic E-state index is -2.30. The zero-order valence-corrected chi connectivity index (χ0v) is 15.8. The van der Waals surface area contributed by atoms with Crippen molar-refractivity contribution in [3.63, 3.8) is 0 Å².